The van der Waals surface area contributed by atoms with E-state index in [0.29, 0.717) is 0 Å². The van der Waals surface area contributed by atoms with Crippen LogP contribution in [0.2, 0.25) is 0 Å². The van der Waals surface area contributed by atoms with Gasteiger partial charge in [-0.3, -0.25) is 0 Å². The lowest BCUT2D eigenvalue weighted by molar-refractivity contribution is 0.0459. The fourth-order valence-corrected chi connectivity index (χ4v) is 2.83. The molecule has 0 bridgehead atoms. The first-order chi connectivity index (χ1) is 7.31. The molecule has 1 unspecified atom stereocenters. The number of methoxy groups -OCH3 is 1. The maximum atomic E-state index is 5.90. The van der Waals surface area contributed by atoms with Crippen molar-refractivity contribution in [2.75, 3.05) is 19.4 Å². The molecule has 1 atom stereocenters. The second kappa shape index (κ2) is 4.88. The number of benzene rings is 1. The first kappa shape index (κ1) is 10.8. The van der Waals surface area contributed by atoms with Crippen LogP contribution in [0.5, 0.6) is 0 Å². The Morgan fingerprint density at radius 2 is 2.27 bits per heavy atom. The largest absolute Gasteiger partial charge is 0.398 e. The van der Waals surface area contributed by atoms with Crippen molar-refractivity contribution in [3.63, 3.8) is 0 Å². The van der Waals surface area contributed by atoms with Crippen LogP contribution in [-0.2, 0) is 4.74 Å². The van der Waals surface area contributed by atoms with Gasteiger partial charge in [0, 0.05) is 24.2 Å². The Hall–Kier alpha value is -0.710. The van der Waals surface area contributed by atoms with Crippen LogP contribution < -0.4 is 5.73 Å². The summed E-state index contributed by atoms with van der Waals surface area (Å²) < 4.78 is 7.66. The first-order valence-electron chi connectivity index (χ1n) is 5.13. The zero-order valence-electron chi connectivity index (χ0n) is 8.85. The van der Waals surface area contributed by atoms with Crippen molar-refractivity contribution in [1.29, 1.82) is 0 Å². The Labute approximate surface area is 94.7 Å². The van der Waals surface area contributed by atoms with Gasteiger partial charge in [0.15, 0.2) is 0 Å². The van der Waals surface area contributed by atoms with E-state index >= 15 is 0 Å². The van der Waals surface area contributed by atoms with E-state index in [1.165, 1.54) is 6.42 Å². The topological polar surface area (TPSA) is 38.5 Å². The molecule has 1 aliphatic heterocycles. The van der Waals surface area contributed by atoms with Crippen molar-refractivity contribution in [2.45, 2.75) is 24.0 Å². The highest BCUT2D eigenvalue weighted by atomic mass is 32.2. The summed E-state index contributed by atoms with van der Waals surface area (Å²) >= 11 is 1.69. The Balaban J connectivity index is 2.05. The first-order valence-corrected chi connectivity index (χ1v) is 5.90. The summed E-state index contributed by atoms with van der Waals surface area (Å²) in [7, 11) is 1.76. The summed E-state index contributed by atoms with van der Waals surface area (Å²) in [5.74, 6) is 0. The van der Waals surface area contributed by atoms with Crippen molar-refractivity contribution in [2.24, 2.45) is 0 Å². The highest BCUT2D eigenvalue weighted by Gasteiger charge is 2.25. The quantitative estimate of drug-likeness (QED) is 0.632. The smallest absolute Gasteiger partial charge is 0.119 e. The zero-order chi connectivity index (χ0) is 10.7. The van der Waals surface area contributed by atoms with E-state index in [2.05, 4.69) is 4.31 Å². The molecule has 1 fully saturated rings. The lowest BCUT2D eigenvalue weighted by atomic mass is 10.3. The van der Waals surface area contributed by atoms with E-state index in [1.807, 2.05) is 24.3 Å². The van der Waals surface area contributed by atoms with E-state index in [0.717, 1.165) is 23.5 Å². The van der Waals surface area contributed by atoms with Crippen LogP contribution in [0.1, 0.15) is 12.8 Å². The number of nitrogens with zero attached hydrogens (tertiary/aromatic N) is 1. The number of anilines is 1. The summed E-state index contributed by atoms with van der Waals surface area (Å²) in [6.45, 7) is 1.07. The highest BCUT2D eigenvalue weighted by Crippen LogP contribution is 2.33. The number of hydrogen-bond donors (Lipinski definition) is 1. The molecule has 0 radical (unpaired) electrons. The fraction of sp³-hybridized carbons (Fsp3) is 0.455. The van der Waals surface area contributed by atoms with Gasteiger partial charge in [-0.15, -0.1) is 0 Å². The van der Waals surface area contributed by atoms with Crippen molar-refractivity contribution in [1.82, 2.24) is 4.31 Å². The standard InChI is InChI=1S/C11H16N2OS/c1-14-11-7-4-8-13(11)15-10-6-3-2-5-9(10)12/h2-3,5-6,11H,4,7-8,12H2,1H3. The summed E-state index contributed by atoms with van der Waals surface area (Å²) in [5.41, 5.74) is 6.73. The van der Waals surface area contributed by atoms with Gasteiger partial charge in [-0.25, -0.2) is 4.31 Å². The summed E-state index contributed by atoms with van der Waals surface area (Å²) in [5, 5.41) is 0. The normalized spacial score (nSPS) is 22.1. The average molecular weight is 224 g/mol. The predicted octanol–water partition coefficient (Wildman–Crippen LogP) is 2.34. The number of rotatable bonds is 3. The average Bonchev–Trinajstić information content (AvgIpc) is 2.69. The lowest BCUT2D eigenvalue weighted by Crippen LogP contribution is -2.24. The Morgan fingerprint density at radius 3 is 3.00 bits per heavy atom. The molecule has 4 heteroatoms. The van der Waals surface area contributed by atoms with E-state index < -0.39 is 0 Å². The Morgan fingerprint density at radius 1 is 1.47 bits per heavy atom. The predicted molar refractivity (Wildman–Crippen MR) is 63.4 cm³/mol. The minimum atomic E-state index is 0.231. The minimum absolute atomic E-state index is 0.231. The number of ether oxygens (including phenoxy) is 1. The molecular weight excluding hydrogens is 208 g/mol. The Kier molecular flexibility index (Phi) is 3.51. The molecule has 0 amide bonds. The molecular formula is C11H16N2OS. The monoisotopic (exact) mass is 224 g/mol. The maximum absolute atomic E-state index is 5.90. The van der Waals surface area contributed by atoms with E-state index in [-0.39, 0.29) is 6.23 Å². The van der Waals surface area contributed by atoms with Gasteiger partial charge in [0.25, 0.3) is 0 Å². The third-order valence-corrected chi connectivity index (χ3v) is 3.78. The van der Waals surface area contributed by atoms with Gasteiger partial charge in [0.2, 0.25) is 0 Å². The van der Waals surface area contributed by atoms with Crippen LogP contribution in [0, 0.1) is 0 Å². The second-order valence-corrected chi connectivity index (χ2v) is 4.69. The SMILES string of the molecule is COC1CCCN1Sc1ccccc1N. The lowest BCUT2D eigenvalue weighted by Gasteiger charge is -2.22. The molecule has 1 saturated heterocycles. The Bertz CT molecular complexity index is 332. The number of hydrogen-bond acceptors (Lipinski definition) is 4. The number of nitrogens with two attached hydrogens (primary N) is 1. The zero-order valence-corrected chi connectivity index (χ0v) is 9.67. The van der Waals surface area contributed by atoms with Gasteiger partial charge >= 0.3 is 0 Å². The van der Waals surface area contributed by atoms with Crippen molar-refractivity contribution >= 4 is 17.6 Å². The van der Waals surface area contributed by atoms with Crippen LogP contribution in [0.25, 0.3) is 0 Å². The molecule has 2 N–H and O–H groups in total. The van der Waals surface area contributed by atoms with Gasteiger partial charge < -0.3 is 10.5 Å². The van der Waals surface area contributed by atoms with Gasteiger partial charge in [-0.1, -0.05) is 12.1 Å². The molecule has 0 saturated carbocycles. The van der Waals surface area contributed by atoms with Crippen LogP contribution in [0.15, 0.2) is 29.2 Å². The summed E-state index contributed by atoms with van der Waals surface area (Å²) in [6.07, 6.45) is 2.53. The van der Waals surface area contributed by atoms with Crippen LogP contribution in [-0.4, -0.2) is 24.2 Å². The molecule has 1 aromatic rings. The van der Waals surface area contributed by atoms with Crippen molar-refractivity contribution in [3.05, 3.63) is 24.3 Å². The molecule has 0 aliphatic carbocycles. The van der Waals surface area contributed by atoms with E-state index in [9.17, 15) is 0 Å². The molecule has 0 aromatic heterocycles. The molecule has 1 aliphatic rings. The second-order valence-electron chi connectivity index (χ2n) is 3.60. The molecule has 2 rings (SSSR count). The van der Waals surface area contributed by atoms with E-state index in [1.54, 1.807) is 19.1 Å². The molecule has 15 heavy (non-hydrogen) atoms. The van der Waals surface area contributed by atoms with Gasteiger partial charge in [-0.05, 0) is 36.9 Å². The number of para-hydroxylation sites is 1. The fourth-order valence-electron chi connectivity index (χ4n) is 1.74. The van der Waals surface area contributed by atoms with Crippen molar-refractivity contribution in [3.8, 4) is 0 Å². The van der Waals surface area contributed by atoms with Crippen LogP contribution in [0.3, 0.4) is 0 Å². The van der Waals surface area contributed by atoms with E-state index in [4.69, 9.17) is 10.5 Å². The van der Waals surface area contributed by atoms with Crippen LogP contribution >= 0.6 is 11.9 Å². The summed E-state index contributed by atoms with van der Waals surface area (Å²) in [4.78, 5) is 1.11. The molecule has 1 aromatic carbocycles. The third-order valence-electron chi connectivity index (χ3n) is 2.56. The third kappa shape index (κ3) is 2.45. The minimum Gasteiger partial charge on any atom is -0.398 e. The van der Waals surface area contributed by atoms with Gasteiger partial charge in [0.05, 0.1) is 0 Å². The summed E-state index contributed by atoms with van der Waals surface area (Å²) in [6, 6.07) is 7.94. The van der Waals surface area contributed by atoms with Gasteiger partial charge in [-0.2, -0.15) is 0 Å². The molecule has 1 heterocycles. The molecule has 82 valence electrons. The van der Waals surface area contributed by atoms with Gasteiger partial charge in [0.1, 0.15) is 6.23 Å². The molecule has 3 nitrogen and oxygen atoms in total. The van der Waals surface area contributed by atoms with Crippen molar-refractivity contribution < 1.29 is 4.74 Å². The number of nitrogen functional groups attached to an aromatic ring is 1. The maximum Gasteiger partial charge on any atom is 0.119 e. The highest BCUT2D eigenvalue weighted by molar-refractivity contribution is 7.97. The van der Waals surface area contributed by atoms with Crippen LogP contribution in [0.4, 0.5) is 5.69 Å². The molecule has 0 spiro atoms.